The summed E-state index contributed by atoms with van der Waals surface area (Å²) in [6, 6.07) is 0. The van der Waals surface area contributed by atoms with Gasteiger partial charge in [0.05, 0.1) is 5.75 Å². The third-order valence-corrected chi connectivity index (χ3v) is 4.13. The monoisotopic (exact) mass is 224 g/mol. The highest BCUT2D eigenvalue weighted by atomic mass is 32.2. The number of hydrogen-bond donors (Lipinski definition) is 2. The molecule has 1 aliphatic rings. The van der Waals surface area contributed by atoms with Gasteiger partial charge < -0.3 is 5.32 Å². The van der Waals surface area contributed by atoms with E-state index in [2.05, 4.69) is 5.32 Å². The van der Waals surface area contributed by atoms with E-state index in [0.717, 1.165) is 6.54 Å². The minimum atomic E-state index is -3.29. The molecule has 0 spiro atoms. The molecule has 4 nitrogen and oxygen atoms in total. The standard InChI is InChI=1S/C7H16N2O2S2/c8-13(10,11)5-3-9-6-7-2-1-4-12-7/h7,9H,1-6H2,(H2,8,10,11). The van der Waals surface area contributed by atoms with Crippen LogP contribution in [0.4, 0.5) is 0 Å². The molecule has 3 N–H and O–H groups in total. The molecule has 0 aliphatic carbocycles. The number of thioether (sulfide) groups is 1. The van der Waals surface area contributed by atoms with Gasteiger partial charge >= 0.3 is 0 Å². The molecule has 0 radical (unpaired) electrons. The lowest BCUT2D eigenvalue weighted by atomic mass is 10.2. The van der Waals surface area contributed by atoms with Crippen LogP contribution < -0.4 is 10.5 Å². The normalized spacial score (nSPS) is 23.6. The molecular weight excluding hydrogens is 208 g/mol. The zero-order chi connectivity index (χ0) is 9.73. The molecular formula is C7H16N2O2S2. The molecule has 1 rings (SSSR count). The number of rotatable bonds is 5. The smallest absolute Gasteiger partial charge is 0.210 e. The molecule has 0 amide bonds. The maximum absolute atomic E-state index is 10.6. The molecule has 6 heteroatoms. The van der Waals surface area contributed by atoms with Crippen LogP contribution in [0.3, 0.4) is 0 Å². The Bertz CT molecular complexity index is 235. The number of nitrogens with two attached hydrogens (primary N) is 1. The first-order valence-corrected chi connectivity index (χ1v) is 7.17. The van der Waals surface area contributed by atoms with Gasteiger partial charge in [-0.2, -0.15) is 11.8 Å². The van der Waals surface area contributed by atoms with Crippen LogP contribution in [0.25, 0.3) is 0 Å². The van der Waals surface area contributed by atoms with E-state index >= 15 is 0 Å². The molecule has 1 unspecified atom stereocenters. The van der Waals surface area contributed by atoms with Crippen molar-refractivity contribution in [3.8, 4) is 0 Å². The van der Waals surface area contributed by atoms with Gasteiger partial charge in [0.2, 0.25) is 10.0 Å². The fourth-order valence-corrected chi connectivity index (χ4v) is 2.95. The van der Waals surface area contributed by atoms with Gasteiger partial charge in [-0.1, -0.05) is 0 Å². The number of primary sulfonamides is 1. The fraction of sp³-hybridized carbons (Fsp3) is 1.00. The minimum Gasteiger partial charge on any atom is -0.315 e. The van der Waals surface area contributed by atoms with Crippen molar-refractivity contribution >= 4 is 21.8 Å². The van der Waals surface area contributed by atoms with Gasteiger partial charge in [0, 0.05) is 18.3 Å². The van der Waals surface area contributed by atoms with Crippen LogP contribution in [0.2, 0.25) is 0 Å². The van der Waals surface area contributed by atoms with E-state index in [1.165, 1.54) is 18.6 Å². The molecule has 0 saturated carbocycles. The van der Waals surface area contributed by atoms with Crippen LogP contribution >= 0.6 is 11.8 Å². The van der Waals surface area contributed by atoms with Crippen LogP contribution in [0.5, 0.6) is 0 Å². The Morgan fingerprint density at radius 2 is 2.31 bits per heavy atom. The van der Waals surface area contributed by atoms with E-state index in [-0.39, 0.29) is 5.75 Å². The van der Waals surface area contributed by atoms with Crippen molar-refractivity contribution < 1.29 is 8.42 Å². The quantitative estimate of drug-likeness (QED) is 0.632. The highest BCUT2D eigenvalue weighted by Crippen LogP contribution is 2.24. The van der Waals surface area contributed by atoms with Gasteiger partial charge in [-0.15, -0.1) is 0 Å². The summed E-state index contributed by atoms with van der Waals surface area (Å²) in [5, 5.41) is 8.63. The Labute approximate surface area is 83.7 Å². The second kappa shape index (κ2) is 5.19. The number of hydrogen-bond acceptors (Lipinski definition) is 4. The van der Waals surface area contributed by atoms with Crippen molar-refractivity contribution in [3.05, 3.63) is 0 Å². The average Bonchev–Trinajstić information content (AvgIpc) is 2.48. The Morgan fingerprint density at radius 1 is 1.54 bits per heavy atom. The molecule has 0 aromatic heterocycles. The van der Waals surface area contributed by atoms with Crippen molar-refractivity contribution in [2.75, 3.05) is 24.6 Å². The fourth-order valence-electron chi connectivity index (χ4n) is 1.28. The van der Waals surface area contributed by atoms with Crippen molar-refractivity contribution in [3.63, 3.8) is 0 Å². The molecule has 1 aliphatic heterocycles. The van der Waals surface area contributed by atoms with Crippen LogP contribution in [-0.2, 0) is 10.0 Å². The molecule has 1 atom stereocenters. The zero-order valence-electron chi connectivity index (χ0n) is 7.53. The van der Waals surface area contributed by atoms with E-state index in [0.29, 0.717) is 11.8 Å². The molecule has 1 saturated heterocycles. The molecule has 0 aromatic rings. The third kappa shape index (κ3) is 5.51. The highest BCUT2D eigenvalue weighted by Gasteiger charge is 2.14. The maximum Gasteiger partial charge on any atom is 0.210 e. The molecule has 1 heterocycles. The largest absolute Gasteiger partial charge is 0.315 e. The van der Waals surface area contributed by atoms with E-state index in [9.17, 15) is 8.42 Å². The second-order valence-electron chi connectivity index (χ2n) is 3.21. The van der Waals surface area contributed by atoms with E-state index < -0.39 is 10.0 Å². The van der Waals surface area contributed by atoms with E-state index in [1.807, 2.05) is 11.8 Å². The number of sulfonamides is 1. The SMILES string of the molecule is NS(=O)(=O)CCNCC1CCCS1. The first kappa shape index (κ1) is 11.3. The van der Waals surface area contributed by atoms with Gasteiger partial charge in [0.25, 0.3) is 0 Å². The van der Waals surface area contributed by atoms with Crippen LogP contribution in [0, 0.1) is 0 Å². The minimum absolute atomic E-state index is 0.0321. The zero-order valence-corrected chi connectivity index (χ0v) is 9.16. The summed E-state index contributed by atoms with van der Waals surface area (Å²) in [4.78, 5) is 0. The van der Waals surface area contributed by atoms with Crippen molar-refractivity contribution in [1.29, 1.82) is 0 Å². The lowest BCUT2D eigenvalue weighted by molar-refractivity contribution is 0.590. The summed E-state index contributed by atoms with van der Waals surface area (Å²) in [7, 11) is -3.29. The van der Waals surface area contributed by atoms with E-state index in [1.54, 1.807) is 0 Å². The third-order valence-electron chi connectivity index (χ3n) is 1.96. The summed E-state index contributed by atoms with van der Waals surface area (Å²) < 4.78 is 21.1. The van der Waals surface area contributed by atoms with Crippen LogP contribution in [-0.4, -0.2) is 38.3 Å². The summed E-state index contributed by atoms with van der Waals surface area (Å²) in [5.74, 6) is 1.27. The predicted molar refractivity (Wildman–Crippen MR) is 56.3 cm³/mol. The highest BCUT2D eigenvalue weighted by molar-refractivity contribution is 8.00. The lowest BCUT2D eigenvalue weighted by Gasteiger charge is -2.08. The van der Waals surface area contributed by atoms with Crippen molar-refractivity contribution in [2.24, 2.45) is 5.14 Å². The summed E-state index contributed by atoms with van der Waals surface area (Å²) in [5.41, 5.74) is 0. The topological polar surface area (TPSA) is 72.2 Å². The van der Waals surface area contributed by atoms with Crippen LogP contribution in [0.15, 0.2) is 0 Å². The van der Waals surface area contributed by atoms with Crippen molar-refractivity contribution in [2.45, 2.75) is 18.1 Å². The Morgan fingerprint density at radius 3 is 2.85 bits per heavy atom. The molecule has 0 aromatic carbocycles. The summed E-state index contributed by atoms with van der Waals surface area (Å²) in [6.45, 7) is 1.37. The van der Waals surface area contributed by atoms with Gasteiger partial charge in [0.1, 0.15) is 0 Å². The van der Waals surface area contributed by atoms with Crippen LogP contribution in [0.1, 0.15) is 12.8 Å². The van der Waals surface area contributed by atoms with Gasteiger partial charge in [-0.05, 0) is 18.6 Å². The summed E-state index contributed by atoms with van der Waals surface area (Å²) >= 11 is 1.96. The number of nitrogens with one attached hydrogen (secondary N) is 1. The Balaban J connectivity index is 2.01. The first-order chi connectivity index (χ1) is 6.08. The van der Waals surface area contributed by atoms with Gasteiger partial charge in [-0.25, -0.2) is 13.6 Å². The average molecular weight is 224 g/mol. The van der Waals surface area contributed by atoms with E-state index in [4.69, 9.17) is 5.14 Å². The molecule has 1 fully saturated rings. The first-order valence-electron chi connectivity index (χ1n) is 4.41. The molecule has 78 valence electrons. The van der Waals surface area contributed by atoms with Gasteiger partial charge in [-0.3, -0.25) is 0 Å². The predicted octanol–water partition coefficient (Wildman–Crippen LogP) is -0.240. The molecule has 13 heavy (non-hydrogen) atoms. The van der Waals surface area contributed by atoms with Crippen molar-refractivity contribution in [1.82, 2.24) is 5.32 Å². The molecule has 0 bridgehead atoms. The second-order valence-corrected chi connectivity index (χ2v) is 6.35. The lowest BCUT2D eigenvalue weighted by Crippen LogP contribution is -2.30. The summed E-state index contributed by atoms with van der Waals surface area (Å²) in [6.07, 6.45) is 2.53. The van der Waals surface area contributed by atoms with Gasteiger partial charge in [0.15, 0.2) is 0 Å². The Hall–Kier alpha value is 0.220. The maximum atomic E-state index is 10.6. The Kier molecular flexibility index (Phi) is 4.51.